The maximum atomic E-state index is 5.55. The summed E-state index contributed by atoms with van der Waals surface area (Å²) in [6.07, 6.45) is 0.943. The molecule has 0 saturated carbocycles. The summed E-state index contributed by atoms with van der Waals surface area (Å²) in [5, 5.41) is 0. The van der Waals surface area contributed by atoms with Crippen molar-refractivity contribution in [2.75, 3.05) is 20.8 Å². The highest BCUT2D eigenvalue weighted by atomic mass is 28.4. The van der Waals surface area contributed by atoms with Gasteiger partial charge in [0.2, 0.25) is 0 Å². The second-order valence-electron chi connectivity index (χ2n) is 2.78. The highest BCUT2D eigenvalue weighted by Crippen LogP contribution is 2.16. The van der Waals surface area contributed by atoms with Gasteiger partial charge in [0.25, 0.3) is 0 Å². The van der Waals surface area contributed by atoms with Crippen LogP contribution in [-0.2, 0) is 13.6 Å². The molecule has 1 atom stereocenters. The Morgan fingerprint density at radius 3 is 1.92 bits per heavy atom. The zero-order valence-electron chi connectivity index (χ0n) is 8.72. The molecule has 4 heteroatoms. The topological polar surface area (TPSA) is 27.7 Å². The van der Waals surface area contributed by atoms with Gasteiger partial charge in [-0.05, 0) is 19.9 Å². The molecule has 0 aliphatic rings. The third-order valence-electron chi connectivity index (χ3n) is 2.13. The summed E-state index contributed by atoms with van der Waals surface area (Å²) in [5.74, 6) is 0. The normalized spacial score (nSPS) is 14.8. The fourth-order valence-corrected chi connectivity index (χ4v) is 3.09. The number of hydrogen-bond donors (Lipinski definition) is 0. The van der Waals surface area contributed by atoms with E-state index in [0.29, 0.717) is 6.61 Å². The van der Waals surface area contributed by atoms with Crippen LogP contribution >= 0.6 is 0 Å². The van der Waals surface area contributed by atoms with Crippen LogP contribution in [0.3, 0.4) is 0 Å². The first-order chi connectivity index (χ1) is 5.64. The largest absolute Gasteiger partial charge is 0.396 e. The summed E-state index contributed by atoms with van der Waals surface area (Å²) < 4.78 is 16.3. The van der Waals surface area contributed by atoms with Crippen molar-refractivity contribution in [2.45, 2.75) is 32.5 Å². The van der Waals surface area contributed by atoms with Crippen LogP contribution in [0.2, 0.25) is 6.55 Å². The minimum atomic E-state index is -2.07. The van der Waals surface area contributed by atoms with Crippen molar-refractivity contribution in [3.63, 3.8) is 0 Å². The maximum absolute atomic E-state index is 5.55. The van der Waals surface area contributed by atoms with Crippen molar-refractivity contribution >= 4 is 8.56 Å². The summed E-state index contributed by atoms with van der Waals surface area (Å²) in [5.41, 5.74) is 0.137. The molecule has 0 amide bonds. The quantitative estimate of drug-likeness (QED) is 0.600. The van der Waals surface area contributed by atoms with E-state index in [1.54, 1.807) is 14.2 Å². The van der Waals surface area contributed by atoms with Gasteiger partial charge in [-0.1, -0.05) is 6.92 Å². The molecular formula is C8H20O3Si. The Morgan fingerprint density at radius 1 is 1.17 bits per heavy atom. The molecule has 0 fully saturated rings. The second kappa shape index (κ2) is 5.69. The molecule has 0 radical (unpaired) electrons. The molecule has 0 rings (SSSR count). The lowest BCUT2D eigenvalue weighted by atomic mass is 10.5. The smallest absolute Gasteiger partial charge is 0.364 e. The van der Waals surface area contributed by atoms with Gasteiger partial charge in [-0.15, -0.1) is 0 Å². The predicted molar refractivity (Wildman–Crippen MR) is 51.3 cm³/mol. The first-order valence-corrected chi connectivity index (χ1v) is 6.75. The van der Waals surface area contributed by atoms with Crippen LogP contribution in [0.4, 0.5) is 0 Å². The van der Waals surface area contributed by atoms with E-state index >= 15 is 0 Å². The summed E-state index contributed by atoms with van der Waals surface area (Å²) >= 11 is 0. The molecule has 0 aromatic rings. The van der Waals surface area contributed by atoms with Crippen LogP contribution in [-0.4, -0.2) is 35.1 Å². The minimum Gasteiger partial charge on any atom is -0.396 e. The van der Waals surface area contributed by atoms with Crippen molar-refractivity contribution in [3.8, 4) is 0 Å². The number of rotatable bonds is 6. The van der Waals surface area contributed by atoms with Crippen molar-refractivity contribution < 1.29 is 13.6 Å². The summed E-state index contributed by atoms with van der Waals surface area (Å²) in [6.45, 7) is 6.82. The maximum Gasteiger partial charge on any atom is 0.364 e. The van der Waals surface area contributed by atoms with Crippen LogP contribution in [0, 0.1) is 0 Å². The molecule has 0 aromatic heterocycles. The average Bonchev–Trinajstić information content (AvgIpc) is 2.13. The predicted octanol–water partition coefficient (Wildman–Crippen LogP) is 1.71. The Bertz CT molecular complexity index is 115. The Morgan fingerprint density at radius 2 is 1.67 bits per heavy atom. The molecule has 0 aliphatic carbocycles. The van der Waals surface area contributed by atoms with E-state index in [-0.39, 0.29) is 5.73 Å². The van der Waals surface area contributed by atoms with E-state index in [1.165, 1.54) is 0 Å². The third kappa shape index (κ3) is 2.86. The van der Waals surface area contributed by atoms with E-state index < -0.39 is 8.56 Å². The lowest BCUT2D eigenvalue weighted by molar-refractivity contribution is 0.0660. The Balaban J connectivity index is 4.21. The number of hydrogen-bond acceptors (Lipinski definition) is 3. The summed E-state index contributed by atoms with van der Waals surface area (Å²) in [4.78, 5) is 0. The average molecular weight is 192 g/mol. The second-order valence-corrected chi connectivity index (χ2v) is 6.27. The Hall–Kier alpha value is 0.0969. The highest BCUT2D eigenvalue weighted by molar-refractivity contribution is 6.67. The first kappa shape index (κ1) is 12.1. The van der Waals surface area contributed by atoms with Gasteiger partial charge in [0.15, 0.2) is 0 Å². The zero-order valence-corrected chi connectivity index (χ0v) is 9.72. The molecule has 74 valence electrons. The monoisotopic (exact) mass is 192 g/mol. The molecule has 0 bridgehead atoms. The standard InChI is InChI=1S/C8H20O3Si/c1-6-8(11-7-2)12(5,9-3)10-4/h8H,6-7H2,1-5H3. The van der Waals surface area contributed by atoms with Gasteiger partial charge in [0.05, 0.1) is 0 Å². The lowest BCUT2D eigenvalue weighted by Gasteiger charge is -2.30. The zero-order chi connectivity index (χ0) is 9.61. The molecule has 12 heavy (non-hydrogen) atoms. The first-order valence-electron chi connectivity index (χ1n) is 4.36. The van der Waals surface area contributed by atoms with Crippen molar-refractivity contribution in [3.05, 3.63) is 0 Å². The van der Waals surface area contributed by atoms with Gasteiger partial charge >= 0.3 is 8.56 Å². The van der Waals surface area contributed by atoms with Gasteiger partial charge in [-0.3, -0.25) is 0 Å². The molecule has 1 unspecified atom stereocenters. The minimum absolute atomic E-state index is 0.137. The Kier molecular flexibility index (Phi) is 5.74. The fourth-order valence-electron chi connectivity index (χ4n) is 1.19. The molecule has 0 aromatic carbocycles. The van der Waals surface area contributed by atoms with Crippen LogP contribution < -0.4 is 0 Å². The van der Waals surface area contributed by atoms with Crippen molar-refractivity contribution in [1.82, 2.24) is 0 Å². The molecule has 0 heterocycles. The third-order valence-corrected chi connectivity index (χ3v) is 5.50. The van der Waals surface area contributed by atoms with Gasteiger partial charge in [-0.25, -0.2) is 0 Å². The van der Waals surface area contributed by atoms with Gasteiger partial charge in [0.1, 0.15) is 5.73 Å². The van der Waals surface area contributed by atoms with Crippen molar-refractivity contribution in [2.24, 2.45) is 0 Å². The SMILES string of the molecule is CCOC(CC)[Si](C)(OC)OC. The van der Waals surface area contributed by atoms with Gasteiger partial charge < -0.3 is 13.6 Å². The Labute approximate surface area is 76.3 Å². The van der Waals surface area contributed by atoms with Crippen LogP contribution in [0.5, 0.6) is 0 Å². The van der Waals surface area contributed by atoms with Gasteiger partial charge in [0, 0.05) is 20.8 Å². The molecule has 3 nitrogen and oxygen atoms in total. The molecule has 0 aliphatic heterocycles. The van der Waals surface area contributed by atoms with E-state index in [0.717, 1.165) is 6.42 Å². The van der Waals surface area contributed by atoms with Crippen LogP contribution in [0.1, 0.15) is 20.3 Å². The molecule has 0 N–H and O–H groups in total. The van der Waals surface area contributed by atoms with Crippen molar-refractivity contribution in [1.29, 1.82) is 0 Å². The summed E-state index contributed by atoms with van der Waals surface area (Å²) in [7, 11) is 1.31. The molecule has 0 spiro atoms. The van der Waals surface area contributed by atoms with Gasteiger partial charge in [-0.2, -0.15) is 0 Å². The lowest BCUT2D eigenvalue weighted by Crippen LogP contribution is -2.50. The fraction of sp³-hybridized carbons (Fsp3) is 1.00. The number of ether oxygens (including phenoxy) is 1. The molecular weight excluding hydrogens is 172 g/mol. The van der Waals surface area contributed by atoms with E-state index in [1.807, 2.05) is 13.5 Å². The highest BCUT2D eigenvalue weighted by Gasteiger charge is 2.39. The van der Waals surface area contributed by atoms with Crippen LogP contribution in [0.25, 0.3) is 0 Å². The van der Waals surface area contributed by atoms with E-state index in [4.69, 9.17) is 13.6 Å². The molecule has 0 saturated heterocycles. The van der Waals surface area contributed by atoms with E-state index in [2.05, 4.69) is 6.92 Å². The van der Waals surface area contributed by atoms with Crippen LogP contribution in [0.15, 0.2) is 0 Å². The summed E-state index contributed by atoms with van der Waals surface area (Å²) in [6, 6.07) is 0. The van der Waals surface area contributed by atoms with E-state index in [9.17, 15) is 0 Å².